The Balaban J connectivity index is 1.71. The van der Waals surface area contributed by atoms with Crippen molar-refractivity contribution < 1.29 is 19.1 Å². The maximum absolute atomic E-state index is 11.4. The van der Waals surface area contributed by atoms with Gasteiger partial charge in [-0.3, -0.25) is 4.79 Å². The van der Waals surface area contributed by atoms with Crippen LogP contribution in [0.2, 0.25) is 0 Å². The molecule has 2 aliphatic rings. The second-order valence-electron chi connectivity index (χ2n) is 5.94. The maximum atomic E-state index is 11.4. The van der Waals surface area contributed by atoms with Crippen molar-refractivity contribution in [2.75, 3.05) is 7.11 Å². The average Bonchev–Trinajstić information content (AvgIpc) is 3.08. The molecule has 1 aromatic carbocycles. The Labute approximate surface area is 124 Å². The molecule has 0 radical (unpaired) electrons. The zero-order valence-electron chi connectivity index (χ0n) is 12.2. The van der Waals surface area contributed by atoms with E-state index in [4.69, 9.17) is 9.47 Å². The zero-order chi connectivity index (χ0) is 14.8. The molecule has 0 unspecified atom stereocenters. The summed E-state index contributed by atoms with van der Waals surface area (Å²) in [5.41, 5.74) is 2.11. The van der Waals surface area contributed by atoms with Crippen LogP contribution in [-0.2, 0) is 31.9 Å². The van der Waals surface area contributed by atoms with Crippen molar-refractivity contribution in [2.45, 2.75) is 37.9 Å². The first kappa shape index (κ1) is 14.3. The van der Waals surface area contributed by atoms with Crippen LogP contribution in [0.5, 0.6) is 0 Å². The lowest BCUT2D eigenvalue weighted by molar-refractivity contribution is -0.139. The Morgan fingerprint density at radius 2 is 2.10 bits per heavy atom. The number of esters is 1. The summed E-state index contributed by atoms with van der Waals surface area (Å²) in [4.78, 5) is 22.7. The monoisotopic (exact) mass is 288 g/mol. The Morgan fingerprint density at radius 3 is 2.86 bits per heavy atom. The molecule has 2 heterocycles. The summed E-state index contributed by atoms with van der Waals surface area (Å²) >= 11 is 0. The van der Waals surface area contributed by atoms with Crippen molar-refractivity contribution >= 4 is 12.3 Å². The molecule has 21 heavy (non-hydrogen) atoms. The number of fused-ring (bicyclic) bond motifs is 2. The Bertz CT molecular complexity index is 539. The molecule has 4 atom stereocenters. The molecule has 2 fully saturated rings. The molecule has 1 aromatic rings. The smallest absolute Gasteiger partial charge is 0.309 e. The first-order chi connectivity index (χ1) is 10.2. The quantitative estimate of drug-likeness (QED) is 0.614. The lowest BCUT2D eigenvalue weighted by Crippen LogP contribution is -2.29. The van der Waals surface area contributed by atoms with Gasteiger partial charge in [0.25, 0.3) is 0 Å². The van der Waals surface area contributed by atoms with Crippen molar-refractivity contribution in [3.05, 3.63) is 35.4 Å². The number of aldehydes is 1. The summed E-state index contributed by atoms with van der Waals surface area (Å²) in [5.74, 6) is 0.0591. The third-order valence-electron chi connectivity index (χ3n) is 4.68. The van der Waals surface area contributed by atoms with Crippen LogP contribution in [-0.4, -0.2) is 31.6 Å². The van der Waals surface area contributed by atoms with E-state index in [1.807, 2.05) is 18.2 Å². The summed E-state index contributed by atoms with van der Waals surface area (Å²) in [6.07, 6.45) is 4.58. The molecule has 0 aliphatic carbocycles. The Kier molecular flexibility index (Phi) is 4.06. The summed E-state index contributed by atoms with van der Waals surface area (Å²) in [6, 6.07) is 7.96. The number of carbonyl (C=O) groups excluding carboxylic acids is 2. The van der Waals surface area contributed by atoms with Gasteiger partial charge in [0.05, 0.1) is 25.7 Å². The summed E-state index contributed by atoms with van der Waals surface area (Å²) in [7, 11) is 1.40. The van der Waals surface area contributed by atoms with E-state index in [0.717, 1.165) is 36.7 Å². The average molecular weight is 288 g/mol. The van der Waals surface area contributed by atoms with E-state index in [0.29, 0.717) is 0 Å². The second kappa shape index (κ2) is 5.98. The van der Waals surface area contributed by atoms with E-state index in [2.05, 4.69) is 6.07 Å². The van der Waals surface area contributed by atoms with Crippen LogP contribution < -0.4 is 0 Å². The van der Waals surface area contributed by atoms with E-state index in [9.17, 15) is 9.59 Å². The van der Waals surface area contributed by atoms with Gasteiger partial charge in [0.2, 0.25) is 0 Å². The summed E-state index contributed by atoms with van der Waals surface area (Å²) in [5, 5.41) is 0. The second-order valence-corrected chi connectivity index (χ2v) is 5.94. The summed E-state index contributed by atoms with van der Waals surface area (Å²) in [6.45, 7) is 0. The topological polar surface area (TPSA) is 52.6 Å². The molecule has 2 aliphatic heterocycles. The lowest BCUT2D eigenvalue weighted by Gasteiger charge is -2.24. The number of rotatable bonds is 5. The number of methoxy groups -OCH3 is 1. The predicted molar refractivity (Wildman–Crippen MR) is 76.8 cm³/mol. The minimum atomic E-state index is -0.235. The molecule has 2 saturated heterocycles. The van der Waals surface area contributed by atoms with Gasteiger partial charge >= 0.3 is 5.97 Å². The van der Waals surface area contributed by atoms with E-state index < -0.39 is 0 Å². The van der Waals surface area contributed by atoms with Crippen LogP contribution in [0.4, 0.5) is 0 Å². The van der Waals surface area contributed by atoms with Gasteiger partial charge in [-0.2, -0.15) is 0 Å². The van der Waals surface area contributed by atoms with Crippen LogP contribution in [0.25, 0.3) is 0 Å². The molecule has 112 valence electrons. The summed E-state index contributed by atoms with van der Waals surface area (Å²) < 4.78 is 10.6. The molecule has 0 saturated carbocycles. The largest absolute Gasteiger partial charge is 0.469 e. The van der Waals surface area contributed by atoms with Crippen LogP contribution in [0, 0.1) is 11.8 Å². The van der Waals surface area contributed by atoms with Gasteiger partial charge in [-0.1, -0.05) is 24.3 Å². The first-order valence-corrected chi connectivity index (χ1v) is 7.46. The van der Waals surface area contributed by atoms with Crippen molar-refractivity contribution in [3.63, 3.8) is 0 Å². The zero-order valence-corrected chi connectivity index (χ0v) is 12.2. The van der Waals surface area contributed by atoms with Gasteiger partial charge in [-0.05, 0) is 30.4 Å². The minimum absolute atomic E-state index is 0.0213. The van der Waals surface area contributed by atoms with E-state index >= 15 is 0 Å². The first-order valence-electron chi connectivity index (χ1n) is 7.46. The Morgan fingerprint density at radius 1 is 1.33 bits per heavy atom. The standard InChI is InChI=1S/C17H20O4/c1-20-17(19)9-12-4-2-3-11(7-12)8-13-14(10-18)16-6-5-15(13)21-16/h2-4,7,10,13-16H,5-6,8-9H2,1H3/t13-,14+,15-,16+/m0/s1. The highest BCUT2D eigenvalue weighted by Gasteiger charge is 2.48. The van der Waals surface area contributed by atoms with Crippen molar-refractivity contribution in [2.24, 2.45) is 11.8 Å². The maximum Gasteiger partial charge on any atom is 0.309 e. The molecule has 4 nitrogen and oxygen atoms in total. The highest BCUT2D eigenvalue weighted by molar-refractivity contribution is 5.72. The molecular formula is C17H20O4. The Hall–Kier alpha value is -1.68. The fourth-order valence-electron chi connectivity index (χ4n) is 3.64. The SMILES string of the molecule is COC(=O)Cc1cccc(C[C@H]2[C@@H](C=O)[C@H]3CC[C@@H]2O3)c1. The van der Waals surface area contributed by atoms with Crippen molar-refractivity contribution in [3.8, 4) is 0 Å². The molecule has 2 bridgehead atoms. The fraction of sp³-hybridized carbons (Fsp3) is 0.529. The third kappa shape index (κ3) is 2.86. The van der Waals surface area contributed by atoms with E-state index in [-0.39, 0.29) is 36.4 Å². The number of hydrogen-bond acceptors (Lipinski definition) is 4. The van der Waals surface area contributed by atoms with E-state index in [1.165, 1.54) is 7.11 Å². The van der Waals surface area contributed by atoms with Crippen molar-refractivity contribution in [1.29, 1.82) is 0 Å². The molecule has 4 heteroatoms. The number of ether oxygens (including phenoxy) is 2. The van der Waals surface area contributed by atoms with Crippen LogP contribution in [0.15, 0.2) is 24.3 Å². The van der Waals surface area contributed by atoms with Gasteiger partial charge in [-0.15, -0.1) is 0 Å². The van der Waals surface area contributed by atoms with Crippen molar-refractivity contribution in [1.82, 2.24) is 0 Å². The number of carbonyl (C=O) groups is 2. The predicted octanol–water partition coefficient (Wildman–Crippen LogP) is 1.94. The highest BCUT2D eigenvalue weighted by Crippen LogP contribution is 2.43. The molecule has 0 N–H and O–H groups in total. The third-order valence-corrected chi connectivity index (χ3v) is 4.68. The van der Waals surface area contributed by atoms with Gasteiger partial charge in [0, 0.05) is 11.8 Å². The van der Waals surface area contributed by atoms with Crippen LogP contribution in [0.1, 0.15) is 24.0 Å². The van der Waals surface area contributed by atoms with Gasteiger partial charge in [-0.25, -0.2) is 0 Å². The fourth-order valence-corrected chi connectivity index (χ4v) is 3.64. The van der Waals surface area contributed by atoms with Gasteiger partial charge < -0.3 is 14.3 Å². The lowest BCUT2D eigenvalue weighted by atomic mass is 9.77. The molecule has 3 rings (SSSR count). The number of benzene rings is 1. The molecule has 0 aromatic heterocycles. The van der Waals surface area contributed by atoms with Crippen LogP contribution in [0.3, 0.4) is 0 Å². The van der Waals surface area contributed by atoms with Gasteiger partial charge in [0.15, 0.2) is 0 Å². The molecular weight excluding hydrogens is 268 g/mol. The number of hydrogen-bond donors (Lipinski definition) is 0. The van der Waals surface area contributed by atoms with Crippen LogP contribution >= 0.6 is 0 Å². The van der Waals surface area contributed by atoms with Gasteiger partial charge in [0.1, 0.15) is 6.29 Å². The molecule has 0 amide bonds. The molecule has 0 spiro atoms. The normalized spacial score (nSPS) is 30.3. The van der Waals surface area contributed by atoms with E-state index in [1.54, 1.807) is 0 Å². The minimum Gasteiger partial charge on any atom is -0.469 e. The highest BCUT2D eigenvalue weighted by atomic mass is 16.5.